The lowest BCUT2D eigenvalue weighted by atomic mass is 10.1. The first kappa shape index (κ1) is 17.3. The highest BCUT2D eigenvalue weighted by molar-refractivity contribution is 7.80. The molecular formula is C16H17N3O5S. The van der Waals surface area contributed by atoms with Crippen molar-refractivity contribution in [2.24, 2.45) is 5.92 Å². The number of thiocarbonyl (C=S) groups is 1. The molecule has 0 N–H and O–H groups in total. The Morgan fingerprint density at radius 2 is 2.24 bits per heavy atom. The number of hydrogen-bond acceptors (Lipinski definition) is 6. The molecule has 0 saturated carbocycles. The van der Waals surface area contributed by atoms with Crippen molar-refractivity contribution in [3.8, 4) is 5.75 Å². The van der Waals surface area contributed by atoms with Crippen LogP contribution in [0.15, 0.2) is 30.0 Å². The van der Waals surface area contributed by atoms with Gasteiger partial charge in [0, 0.05) is 19.6 Å². The Bertz CT molecular complexity index is 773. The quantitative estimate of drug-likeness (QED) is 0.350. The van der Waals surface area contributed by atoms with Gasteiger partial charge in [0.1, 0.15) is 17.1 Å². The first-order valence-corrected chi connectivity index (χ1v) is 8.09. The Hall–Kier alpha value is -2.52. The Morgan fingerprint density at radius 3 is 2.84 bits per heavy atom. The molecule has 1 aromatic rings. The maximum atomic E-state index is 12.9. The van der Waals surface area contributed by atoms with E-state index in [2.05, 4.69) is 0 Å². The van der Waals surface area contributed by atoms with Gasteiger partial charge in [-0.25, -0.2) is 4.90 Å². The minimum absolute atomic E-state index is 0.124. The van der Waals surface area contributed by atoms with Gasteiger partial charge in [0.05, 0.1) is 24.7 Å². The molecule has 2 heterocycles. The number of nitro groups is 1. The minimum Gasteiger partial charge on any atom is -0.496 e. The second kappa shape index (κ2) is 6.77. The lowest BCUT2D eigenvalue weighted by Gasteiger charge is -2.16. The van der Waals surface area contributed by atoms with E-state index in [4.69, 9.17) is 21.7 Å². The van der Waals surface area contributed by atoms with E-state index in [1.54, 1.807) is 18.0 Å². The van der Waals surface area contributed by atoms with E-state index < -0.39 is 4.92 Å². The van der Waals surface area contributed by atoms with E-state index in [9.17, 15) is 14.9 Å². The fourth-order valence-corrected chi connectivity index (χ4v) is 3.15. The second-order valence-electron chi connectivity index (χ2n) is 5.77. The van der Waals surface area contributed by atoms with Crippen molar-refractivity contribution < 1.29 is 19.2 Å². The van der Waals surface area contributed by atoms with Gasteiger partial charge in [-0.1, -0.05) is 0 Å². The highest BCUT2D eigenvalue weighted by atomic mass is 32.1. The molecule has 9 heteroatoms. The Labute approximate surface area is 149 Å². The van der Waals surface area contributed by atoms with Crippen molar-refractivity contribution in [1.29, 1.82) is 0 Å². The molecular weight excluding hydrogens is 346 g/mol. The minimum atomic E-state index is -0.555. The molecule has 3 rings (SSSR count). The number of hydrogen-bond donors (Lipinski definition) is 0. The Balaban J connectivity index is 2.01. The van der Waals surface area contributed by atoms with E-state index in [0.29, 0.717) is 24.7 Å². The molecule has 0 spiro atoms. The van der Waals surface area contributed by atoms with Gasteiger partial charge in [0.15, 0.2) is 5.11 Å². The predicted molar refractivity (Wildman–Crippen MR) is 94.5 cm³/mol. The van der Waals surface area contributed by atoms with Crippen LogP contribution < -0.4 is 9.64 Å². The van der Waals surface area contributed by atoms with Crippen molar-refractivity contribution in [2.75, 3.05) is 32.3 Å². The molecule has 8 nitrogen and oxygen atoms in total. The lowest BCUT2D eigenvalue weighted by Crippen LogP contribution is -2.31. The summed E-state index contributed by atoms with van der Waals surface area (Å²) in [4.78, 5) is 26.5. The highest BCUT2D eigenvalue weighted by Crippen LogP contribution is 2.36. The van der Waals surface area contributed by atoms with Gasteiger partial charge in [0.25, 0.3) is 11.6 Å². The number of methoxy groups -OCH3 is 1. The molecule has 132 valence electrons. The number of nitrogens with zero attached hydrogens (tertiary/aromatic N) is 3. The summed E-state index contributed by atoms with van der Waals surface area (Å²) in [6.45, 7) is 1.21. The van der Waals surface area contributed by atoms with Crippen molar-refractivity contribution in [3.05, 3.63) is 40.1 Å². The SMILES string of the molecule is COc1ccc(N2C(=O)/C(=C\C3CCOC3)N(C)C2=S)c([N+](=O)[O-])c1. The van der Waals surface area contributed by atoms with E-state index in [0.717, 1.165) is 6.42 Å². The third-order valence-electron chi connectivity index (χ3n) is 4.24. The molecule has 2 aliphatic heterocycles. The maximum Gasteiger partial charge on any atom is 0.297 e. The lowest BCUT2D eigenvalue weighted by molar-refractivity contribution is -0.384. The number of benzene rings is 1. The number of anilines is 1. The summed E-state index contributed by atoms with van der Waals surface area (Å²) in [5.41, 5.74) is 0.290. The van der Waals surface area contributed by atoms with Gasteiger partial charge in [0.2, 0.25) is 0 Å². The standard InChI is InChI=1S/C16H17N3O5S/c1-17-14(7-10-5-6-24-9-10)15(20)18(16(17)25)12-4-3-11(23-2)8-13(12)19(21)22/h3-4,7-8,10H,5-6,9H2,1-2H3/b14-7+. The topological polar surface area (TPSA) is 85.1 Å². The van der Waals surface area contributed by atoms with Crippen LogP contribution in [0.1, 0.15) is 6.42 Å². The maximum absolute atomic E-state index is 12.9. The molecule has 1 amide bonds. The van der Waals surface area contributed by atoms with Crippen molar-refractivity contribution in [3.63, 3.8) is 0 Å². The van der Waals surface area contributed by atoms with Crippen LogP contribution in [-0.2, 0) is 9.53 Å². The summed E-state index contributed by atoms with van der Waals surface area (Å²) < 4.78 is 10.4. The zero-order chi connectivity index (χ0) is 18.1. The van der Waals surface area contributed by atoms with E-state index in [-0.39, 0.29) is 28.3 Å². The number of likely N-dealkylation sites (N-methyl/N-ethyl adjacent to an activating group) is 1. The number of amides is 1. The molecule has 1 aromatic carbocycles. The van der Waals surface area contributed by atoms with Crippen LogP contribution in [0.2, 0.25) is 0 Å². The summed E-state index contributed by atoms with van der Waals surface area (Å²) in [6, 6.07) is 4.30. The number of ether oxygens (including phenoxy) is 2. The Kier molecular flexibility index (Phi) is 4.69. The number of rotatable bonds is 4. The molecule has 0 radical (unpaired) electrons. The summed E-state index contributed by atoms with van der Waals surface area (Å²) >= 11 is 5.35. The molecule has 0 bridgehead atoms. The average Bonchev–Trinajstić information content (AvgIpc) is 3.18. The van der Waals surface area contributed by atoms with Crippen LogP contribution in [-0.4, -0.2) is 48.2 Å². The van der Waals surface area contributed by atoms with Gasteiger partial charge >= 0.3 is 0 Å². The van der Waals surface area contributed by atoms with Crippen LogP contribution in [0.4, 0.5) is 11.4 Å². The summed E-state index contributed by atoms with van der Waals surface area (Å²) in [5.74, 6) is 0.0860. The number of nitro benzene ring substituents is 1. The van der Waals surface area contributed by atoms with Gasteiger partial charge < -0.3 is 14.4 Å². The molecule has 1 atom stereocenters. The zero-order valence-electron chi connectivity index (χ0n) is 13.8. The van der Waals surface area contributed by atoms with Crippen molar-refractivity contribution in [2.45, 2.75) is 6.42 Å². The van der Waals surface area contributed by atoms with Crippen LogP contribution >= 0.6 is 12.2 Å². The molecule has 25 heavy (non-hydrogen) atoms. The first-order valence-electron chi connectivity index (χ1n) is 7.68. The normalized spacial score (nSPS) is 22.2. The van der Waals surface area contributed by atoms with Crippen LogP contribution in [0, 0.1) is 16.0 Å². The van der Waals surface area contributed by atoms with Crippen molar-refractivity contribution >= 4 is 34.6 Å². The summed E-state index contributed by atoms with van der Waals surface area (Å²) in [7, 11) is 3.10. The van der Waals surface area contributed by atoms with Crippen molar-refractivity contribution in [1.82, 2.24) is 4.90 Å². The highest BCUT2D eigenvalue weighted by Gasteiger charge is 2.40. The third-order valence-corrected chi connectivity index (χ3v) is 4.70. The molecule has 1 unspecified atom stereocenters. The zero-order valence-corrected chi connectivity index (χ0v) is 14.6. The van der Waals surface area contributed by atoms with Gasteiger partial charge in [-0.15, -0.1) is 0 Å². The van der Waals surface area contributed by atoms with E-state index in [1.807, 2.05) is 6.08 Å². The fourth-order valence-electron chi connectivity index (χ4n) is 2.87. The number of carbonyl (C=O) groups excluding carboxylic acids is 1. The summed E-state index contributed by atoms with van der Waals surface area (Å²) in [5, 5.41) is 11.6. The van der Waals surface area contributed by atoms with Crippen LogP contribution in [0.25, 0.3) is 0 Å². The second-order valence-corrected chi connectivity index (χ2v) is 6.13. The molecule has 0 aromatic heterocycles. The largest absolute Gasteiger partial charge is 0.496 e. The predicted octanol–water partition coefficient (Wildman–Crippen LogP) is 2.09. The van der Waals surface area contributed by atoms with E-state index >= 15 is 0 Å². The van der Waals surface area contributed by atoms with Gasteiger partial charge in [-0.2, -0.15) is 0 Å². The molecule has 2 fully saturated rings. The number of carbonyl (C=O) groups is 1. The third kappa shape index (κ3) is 3.08. The fraction of sp³-hybridized carbons (Fsp3) is 0.375. The molecule has 2 saturated heterocycles. The smallest absolute Gasteiger partial charge is 0.297 e. The molecule has 2 aliphatic rings. The molecule has 0 aliphatic carbocycles. The average molecular weight is 363 g/mol. The Morgan fingerprint density at radius 1 is 1.48 bits per heavy atom. The van der Waals surface area contributed by atoms with E-state index in [1.165, 1.54) is 24.1 Å². The summed E-state index contributed by atoms with van der Waals surface area (Å²) in [6.07, 6.45) is 2.66. The van der Waals surface area contributed by atoms with Crippen LogP contribution in [0.3, 0.4) is 0 Å². The van der Waals surface area contributed by atoms with Gasteiger partial charge in [-0.3, -0.25) is 14.9 Å². The van der Waals surface area contributed by atoms with Crippen LogP contribution in [0.5, 0.6) is 5.75 Å². The van der Waals surface area contributed by atoms with Gasteiger partial charge in [-0.05, 0) is 36.8 Å². The monoisotopic (exact) mass is 363 g/mol. The first-order chi connectivity index (χ1) is 11.9.